The molecule has 28 heavy (non-hydrogen) atoms. The van der Waals surface area contributed by atoms with Crippen LogP contribution in [0.1, 0.15) is 103 Å². The van der Waals surface area contributed by atoms with Gasteiger partial charge in [0.2, 0.25) is 0 Å². The van der Waals surface area contributed by atoms with Crippen molar-refractivity contribution in [3.05, 3.63) is 29.3 Å². The van der Waals surface area contributed by atoms with Gasteiger partial charge in [-0.2, -0.15) is 0 Å². The van der Waals surface area contributed by atoms with E-state index in [1.807, 2.05) is 6.07 Å². The molecule has 0 aliphatic heterocycles. The largest absolute Gasteiger partial charge is 1.00 e. The van der Waals surface area contributed by atoms with Crippen molar-refractivity contribution < 1.29 is 39.2 Å². The molecule has 0 amide bonds. The first-order chi connectivity index (χ1) is 13.0. The van der Waals surface area contributed by atoms with E-state index in [9.17, 15) is 14.4 Å². The molecule has 158 valence electrons. The van der Waals surface area contributed by atoms with Crippen molar-refractivity contribution in [3.63, 3.8) is 0 Å². The summed E-state index contributed by atoms with van der Waals surface area (Å²) in [5.41, 5.74) is 2.18. The molecule has 4 nitrogen and oxygen atoms in total. The first-order valence-electron chi connectivity index (χ1n) is 10.8. The van der Waals surface area contributed by atoms with Crippen LogP contribution in [0.3, 0.4) is 0 Å². The summed E-state index contributed by atoms with van der Waals surface area (Å²) in [6.07, 6.45) is 16.4. The van der Waals surface area contributed by atoms with Gasteiger partial charge in [0, 0.05) is 0 Å². The van der Waals surface area contributed by atoms with Crippen LogP contribution in [0.5, 0.6) is 5.75 Å². The fourth-order valence-corrected chi connectivity index (χ4v) is 3.95. The third-order valence-electron chi connectivity index (χ3n) is 5.03. The third-order valence-corrected chi connectivity index (χ3v) is 5.46. The summed E-state index contributed by atoms with van der Waals surface area (Å²) in [5.74, 6) is 0.361. The second-order valence-electron chi connectivity index (χ2n) is 7.51. The maximum absolute atomic E-state index is 11.3. The molecule has 0 spiro atoms. The Morgan fingerprint density at radius 1 is 0.821 bits per heavy atom. The number of rotatable bonds is 16. The minimum absolute atomic E-state index is 0. The van der Waals surface area contributed by atoms with E-state index in [2.05, 4.69) is 19.9 Å². The van der Waals surface area contributed by atoms with E-state index >= 15 is 0 Å². The van der Waals surface area contributed by atoms with Crippen LogP contribution in [0, 0.1) is 0 Å². The second-order valence-corrected chi connectivity index (χ2v) is 8.67. The Hall–Kier alpha value is -0.233. The molecule has 1 aromatic carbocycles. The molecule has 0 aromatic heterocycles. The molecule has 0 fully saturated rings. The molecule has 0 aliphatic rings. The Bertz CT molecular complexity index is 566. The van der Waals surface area contributed by atoms with Gasteiger partial charge >= 0.3 is 26.7 Å². The van der Waals surface area contributed by atoms with Crippen molar-refractivity contribution in [2.75, 3.05) is 0 Å². The van der Waals surface area contributed by atoms with Gasteiger partial charge in [0.25, 0.3) is 0 Å². The van der Waals surface area contributed by atoms with Crippen molar-refractivity contribution in [2.24, 2.45) is 0 Å². The van der Waals surface area contributed by atoms with Gasteiger partial charge in [-0.05, 0) is 42.9 Å². The van der Waals surface area contributed by atoms with Crippen molar-refractivity contribution >= 4 is 7.82 Å². The zero-order valence-electron chi connectivity index (χ0n) is 19.3. The van der Waals surface area contributed by atoms with Gasteiger partial charge in [0.1, 0.15) is 5.75 Å². The predicted molar refractivity (Wildman–Crippen MR) is 114 cm³/mol. The zero-order valence-corrected chi connectivity index (χ0v) is 19.2. The standard InChI is InChI=1S/C22H39O4P.Li.H/c1-3-5-7-9-11-13-16-20-17-15-19-22(26-27(23,24)25)21(20)18-14-12-10-8-6-4-2;;/h15,17,19H,3-14,16,18H2,1-2H3,(H2,23,24,25);;/q;+1;-1. The van der Waals surface area contributed by atoms with Gasteiger partial charge < -0.3 is 5.95 Å². The molecule has 0 saturated carbocycles. The molecule has 0 aliphatic carbocycles. The van der Waals surface area contributed by atoms with E-state index in [1.165, 1.54) is 63.4 Å². The monoisotopic (exact) mass is 406 g/mol. The van der Waals surface area contributed by atoms with Crippen LogP contribution in [0.2, 0.25) is 0 Å². The number of hydrogen-bond acceptors (Lipinski definition) is 2. The summed E-state index contributed by atoms with van der Waals surface area (Å²) >= 11 is 0. The molecule has 1 aromatic rings. The van der Waals surface area contributed by atoms with Crippen LogP contribution in [0.15, 0.2) is 18.2 Å². The Morgan fingerprint density at radius 2 is 1.32 bits per heavy atom. The van der Waals surface area contributed by atoms with Crippen LogP contribution in [0.25, 0.3) is 0 Å². The Kier molecular flexibility index (Phi) is 16.4. The fraction of sp³-hybridized carbons (Fsp3) is 0.727. The SMILES string of the molecule is CCCCCCCCc1cccc(OP(=O)(O)O)c1CCCCCCCC.[H-].[Li+]. The topological polar surface area (TPSA) is 66.8 Å². The van der Waals surface area contributed by atoms with Crippen LogP contribution in [-0.2, 0) is 17.4 Å². The van der Waals surface area contributed by atoms with Crippen molar-refractivity contribution in [2.45, 2.75) is 104 Å². The van der Waals surface area contributed by atoms with Crippen LogP contribution < -0.4 is 23.4 Å². The van der Waals surface area contributed by atoms with E-state index in [-0.39, 0.29) is 20.3 Å². The zero-order chi connectivity index (χ0) is 20.0. The smallest absolute Gasteiger partial charge is 1.00 e. The summed E-state index contributed by atoms with van der Waals surface area (Å²) < 4.78 is 16.3. The van der Waals surface area contributed by atoms with Crippen LogP contribution >= 0.6 is 7.82 Å². The normalized spacial score (nSPS) is 11.3. The van der Waals surface area contributed by atoms with E-state index < -0.39 is 7.82 Å². The van der Waals surface area contributed by atoms with E-state index in [1.54, 1.807) is 6.07 Å². The molecular weight excluding hydrogens is 366 g/mol. The van der Waals surface area contributed by atoms with E-state index in [0.717, 1.165) is 37.7 Å². The van der Waals surface area contributed by atoms with Gasteiger partial charge in [0.05, 0.1) is 0 Å². The Morgan fingerprint density at radius 3 is 1.86 bits per heavy atom. The molecule has 2 N–H and O–H groups in total. The van der Waals surface area contributed by atoms with Crippen molar-refractivity contribution in [1.29, 1.82) is 0 Å². The number of phosphoric ester groups is 1. The Balaban J connectivity index is 0. The molecular formula is C22H40LiO4P. The summed E-state index contributed by atoms with van der Waals surface area (Å²) in [7, 11) is -4.53. The van der Waals surface area contributed by atoms with Crippen LogP contribution in [0.4, 0.5) is 0 Å². The molecule has 1 rings (SSSR count). The summed E-state index contributed by atoms with van der Waals surface area (Å²) in [6, 6.07) is 5.63. The number of hydrogen-bond donors (Lipinski definition) is 2. The molecule has 0 heterocycles. The predicted octanol–water partition coefficient (Wildman–Crippen LogP) is 4.08. The van der Waals surface area contributed by atoms with Crippen LogP contribution in [-0.4, -0.2) is 9.79 Å². The average molecular weight is 406 g/mol. The maximum atomic E-state index is 11.3. The number of benzene rings is 1. The van der Waals surface area contributed by atoms with Gasteiger partial charge in [-0.3, -0.25) is 9.79 Å². The number of unbranched alkanes of at least 4 members (excludes halogenated alkanes) is 10. The van der Waals surface area contributed by atoms with Gasteiger partial charge in [0.15, 0.2) is 0 Å². The van der Waals surface area contributed by atoms with E-state index in [4.69, 9.17) is 4.52 Å². The quantitative estimate of drug-likeness (QED) is 0.247. The maximum Gasteiger partial charge on any atom is 1.00 e. The summed E-state index contributed by atoms with van der Waals surface area (Å²) in [5, 5.41) is 0. The van der Waals surface area contributed by atoms with E-state index in [0.29, 0.717) is 5.75 Å². The Labute approximate surface area is 185 Å². The fourth-order valence-electron chi connectivity index (χ4n) is 3.52. The minimum atomic E-state index is -4.53. The van der Waals surface area contributed by atoms with Gasteiger partial charge in [-0.1, -0.05) is 90.2 Å². The number of aryl methyl sites for hydroxylation is 1. The molecule has 0 atom stereocenters. The molecule has 0 unspecified atom stereocenters. The number of phosphoric acid groups is 1. The third kappa shape index (κ3) is 13.1. The van der Waals surface area contributed by atoms with Crippen molar-refractivity contribution in [3.8, 4) is 5.75 Å². The molecule has 0 saturated heterocycles. The first-order valence-corrected chi connectivity index (χ1v) is 12.4. The van der Waals surface area contributed by atoms with Gasteiger partial charge in [-0.25, -0.2) is 4.57 Å². The summed E-state index contributed by atoms with van der Waals surface area (Å²) in [6.45, 7) is 4.44. The first kappa shape index (κ1) is 27.8. The molecule has 0 radical (unpaired) electrons. The summed E-state index contributed by atoms with van der Waals surface area (Å²) in [4.78, 5) is 18.5. The second kappa shape index (κ2) is 16.6. The minimum Gasteiger partial charge on any atom is -1.00 e. The van der Waals surface area contributed by atoms with Crippen molar-refractivity contribution in [1.82, 2.24) is 0 Å². The van der Waals surface area contributed by atoms with Gasteiger partial charge in [-0.15, -0.1) is 0 Å². The average Bonchev–Trinajstić information content (AvgIpc) is 2.61. The molecule has 0 bridgehead atoms. The molecule has 6 heteroatoms.